The van der Waals surface area contributed by atoms with Gasteiger partial charge >= 0.3 is 5.97 Å². The Morgan fingerprint density at radius 3 is 2.75 bits per heavy atom. The van der Waals surface area contributed by atoms with Crippen LogP contribution in [0.25, 0.3) is 0 Å². The van der Waals surface area contributed by atoms with E-state index < -0.39 is 29.2 Å². The van der Waals surface area contributed by atoms with Gasteiger partial charge in [-0.25, -0.2) is 8.78 Å². The lowest BCUT2D eigenvalue weighted by atomic mass is 10.0. The highest BCUT2D eigenvalue weighted by atomic mass is 35.5. The van der Waals surface area contributed by atoms with Crippen molar-refractivity contribution in [2.75, 3.05) is 7.11 Å². The Kier molecular flexibility index (Phi) is 4.20. The molecule has 0 aromatic heterocycles. The largest absolute Gasteiger partial charge is 0.469 e. The maximum Gasteiger partial charge on any atom is 0.307 e. The molecule has 16 heavy (non-hydrogen) atoms. The van der Waals surface area contributed by atoms with Gasteiger partial charge in [-0.3, -0.25) is 4.79 Å². The van der Waals surface area contributed by atoms with Gasteiger partial charge in [-0.05, 0) is 12.1 Å². The molecule has 0 unspecified atom stereocenters. The molecule has 0 aliphatic heterocycles. The summed E-state index contributed by atoms with van der Waals surface area (Å²) in [6.45, 7) is 0. The van der Waals surface area contributed by atoms with E-state index in [4.69, 9.17) is 17.3 Å². The van der Waals surface area contributed by atoms with E-state index >= 15 is 0 Å². The molecule has 0 bridgehead atoms. The molecule has 1 aromatic rings. The van der Waals surface area contributed by atoms with Crippen LogP contribution in [0.15, 0.2) is 12.1 Å². The smallest absolute Gasteiger partial charge is 0.307 e. The molecule has 6 heteroatoms. The van der Waals surface area contributed by atoms with E-state index in [-0.39, 0.29) is 11.4 Å². The van der Waals surface area contributed by atoms with Crippen molar-refractivity contribution in [2.24, 2.45) is 5.73 Å². The maximum atomic E-state index is 13.5. The standard InChI is InChI=1S/C10H10ClF2NO2/c1-16-8(15)4-7(14)9-6(12)3-2-5(11)10(9)13/h2-3,7H,4,14H2,1H3/t7-/m0/s1. The van der Waals surface area contributed by atoms with Crippen LogP contribution in [0.3, 0.4) is 0 Å². The first-order valence-corrected chi connectivity index (χ1v) is 4.81. The Balaban J connectivity index is 3.03. The first-order valence-electron chi connectivity index (χ1n) is 4.43. The zero-order chi connectivity index (χ0) is 12.3. The molecule has 1 aromatic carbocycles. The summed E-state index contributed by atoms with van der Waals surface area (Å²) >= 11 is 5.49. The zero-order valence-corrected chi connectivity index (χ0v) is 9.22. The number of hydrogen-bond donors (Lipinski definition) is 1. The van der Waals surface area contributed by atoms with E-state index in [1.165, 1.54) is 7.11 Å². The summed E-state index contributed by atoms with van der Waals surface area (Å²) in [6.07, 6.45) is -0.315. The second-order valence-corrected chi connectivity index (χ2v) is 3.55. The fourth-order valence-corrected chi connectivity index (χ4v) is 1.41. The van der Waals surface area contributed by atoms with Gasteiger partial charge in [0.2, 0.25) is 0 Å². The van der Waals surface area contributed by atoms with Crippen molar-refractivity contribution in [3.05, 3.63) is 34.4 Å². The molecule has 3 nitrogen and oxygen atoms in total. The number of carbonyl (C=O) groups is 1. The fraction of sp³-hybridized carbons (Fsp3) is 0.300. The van der Waals surface area contributed by atoms with Crippen molar-refractivity contribution in [3.8, 4) is 0 Å². The quantitative estimate of drug-likeness (QED) is 0.660. The van der Waals surface area contributed by atoms with Gasteiger partial charge in [0.1, 0.15) is 11.6 Å². The summed E-state index contributed by atoms with van der Waals surface area (Å²) in [7, 11) is 1.17. The Morgan fingerprint density at radius 1 is 1.56 bits per heavy atom. The van der Waals surface area contributed by atoms with Gasteiger partial charge in [0.25, 0.3) is 0 Å². The van der Waals surface area contributed by atoms with Crippen molar-refractivity contribution in [1.82, 2.24) is 0 Å². The van der Waals surface area contributed by atoms with Gasteiger partial charge in [-0.1, -0.05) is 11.6 Å². The van der Waals surface area contributed by atoms with E-state index in [9.17, 15) is 13.6 Å². The van der Waals surface area contributed by atoms with Crippen molar-refractivity contribution >= 4 is 17.6 Å². The molecular formula is C10H10ClF2NO2. The number of halogens is 3. The molecule has 1 atom stereocenters. The van der Waals surface area contributed by atoms with Crippen molar-refractivity contribution in [3.63, 3.8) is 0 Å². The molecule has 0 saturated carbocycles. The van der Waals surface area contributed by atoms with Crippen LogP contribution in [-0.2, 0) is 9.53 Å². The number of methoxy groups -OCH3 is 1. The first kappa shape index (κ1) is 12.9. The molecule has 0 saturated heterocycles. The van der Waals surface area contributed by atoms with Crippen LogP contribution in [0.5, 0.6) is 0 Å². The zero-order valence-electron chi connectivity index (χ0n) is 8.47. The summed E-state index contributed by atoms with van der Waals surface area (Å²) in [4.78, 5) is 10.9. The third kappa shape index (κ3) is 2.68. The van der Waals surface area contributed by atoms with Crippen LogP contribution in [0, 0.1) is 11.6 Å². The lowest BCUT2D eigenvalue weighted by molar-refractivity contribution is -0.141. The molecule has 0 radical (unpaired) electrons. The predicted molar refractivity (Wildman–Crippen MR) is 54.9 cm³/mol. The minimum atomic E-state index is -1.12. The molecule has 0 aliphatic rings. The molecule has 0 aliphatic carbocycles. The number of nitrogens with two attached hydrogens (primary N) is 1. The maximum absolute atomic E-state index is 13.5. The third-order valence-electron chi connectivity index (χ3n) is 2.06. The van der Waals surface area contributed by atoms with Gasteiger partial charge in [-0.15, -0.1) is 0 Å². The minimum absolute atomic E-state index is 0.239. The van der Waals surface area contributed by atoms with Crippen LogP contribution in [0.2, 0.25) is 5.02 Å². The molecule has 88 valence electrons. The molecule has 1 rings (SSSR count). The molecule has 0 amide bonds. The Hall–Kier alpha value is -1.20. The first-order chi connectivity index (χ1) is 7.47. The molecule has 0 heterocycles. The van der Waals surface area contributed by atoms with Crippen LogP contribution in [-0.4, -0.2) is 13.1 Å². The lowest BCUT2D eigenvalue weighted by Gasteiger charge is -2.13. The summed E-state index contributed by atoms with van der Waals surface area (Å²) in [5.41, 5.74) is 5.10. The van der Waals surface area contributed by atoms with E-state index in [0.717, 1.165) is 12.1 Å². The second-order valence-electron chi connectivity index (χ2n) is 3.14. The number of hydrogen-bond acceptors (Lipinski definition) is 3. The highest BCUT2D eigenvalue weighted by molar-refractivity contribution is 6.30. The SMILES string of the molecule is COC(=O)C[C@H](N)c1c(F)ccc(Cl)c1F. The van der Waals surface area contributed by atoms with Gasteiger partial charge in [0, 0.05) is 11.6 Å². The summed E-state index contributed by atoms with van der Waals surface area (Å²) in [6, 6.07) is 0.963. The lowest BCUT2D eigenvalue weighted by Crippen LogP contribution is -2.19. The van der Waals surface area contributed by atoms with Gasteiger partial charge in [-0.2, -0.15) is 0 Å². The molecule has 0 spiro atoms. The van der Waals surface area contributed by atoms with Crippen LogP contribution in [0.1, 0.15) is 18.0 Å². The number of ether oxygens (including phenoxy) is 1. The van der Waals surface area contributed by atoms with E-state index in [1.54, 1.807) is 0 Å². The van der Waals surface area contributed by atoms with Crippen LogP contribution < -0.4 is 5.73 Å². The minimum Gasteiger partial charge on any atom is -0.469 e. The second kappa shape index (κ2) is 5.23. The Bertz CT molecular complexity index is 412. The molecule has 2 N–H and O–H groups in total. The van der Waals surface area contributed by atoms with Gasteiger partial charge in [0.05, 0.1) is 18.6 Å². The summed E-state index contributed by atoms with van der Waals surface area (Å²) in [5, 5.41) is -0.239. The molecule has 0 fully saturated rings. The predicted octanol–water partition coefficient (Wildman–Crippen LogP) is 2.18. The average molecular weight is 250 g/mol. The van der Waals surface area contributed by atoms with Crippen molar-refractivity contribution < 1.29 is 18.3 Å². The van der Waals surface area contributed by atoms with E-state index in [0.29, 0.717) is 0 Å². The van der Waals surface area contributed by atoms with Gasteiger partial charge in [0.15, 0.2) is 0 Å². The van der Waals surface area contributed by atoms with Crippen LogP contribution in [0.4, 0.5) is 8.78 Å². The van der Waals surface area contributed by atoms with E-state index in [2.05, 4.69) is 4.74 Å². The number of rotatable bonds is 3. The Morgan fingerprint density at radius 2 is 2.19 bits per heavy atom. The fourth-order valence-electron chi connectivity index (χ4n) is 1.25. The molecular weight excluding hydrogens is 240 g/mol. The highest BCUT2D eigenvalue weighted by Gasteiger charge is 2.21. The summed E-state index contributed by atoms with van der Waals surface area (Å²) < 4.78 is 31.1. The third-order valence-corrected chi connectivity index (χ3v) is 2.36. The number of benzene rings is 1. The normalized spacial score (nSPS) is 12.3. The van der Waals surface area contributed by atoms with Crippen molar-refractivity contribution in [2.45, 2.75) is 12.5 Å². The summed E-state index contributed by atoms with van der Waals surface area (Å²) in [5.74, 6) is -2.43. The highest BCUT2D eigenvalue weighted by Crippen LogP contribution is 2.26. The average Bonchev–Trinajstić information content (AvgIpc) is 2.24. The van der Waals surface area contributed by atoms with Gasteiger partial charge < -0.3 is 10.5 Å². The Labute approximate surface area is 96.1 Å². The van der Waals surface area contributed by atoms with E-state index in [1.807, 2.05) is 0 Å². The van der Waals surface area contributed by atoms with Crippen molar-refractivity contribution in [1.29, 1.82) is 0 Å². The topological polar surface area (TPSA) is 52.3 Å². The number of carbonyl (C=O) groups excluding carboxylic acids is 1. The van der Waals surface area contributed by atoms with Crippen LogP contribution >= 0.6 is 11.6 Å². The number of esters is 1. The monoisotopic (exact) mass is 249 g/mol.